The minimum atomic E-state index is -0.203. The normalized spacial score (nSPS) is 19.4. The standard InChI is InChI=1S/C20H22N8O/c1-11-23-15-9-14(5-6-17(15)27(11)2)28-20-16(25-26-28)10-22-18(24-20)8-12-3-4-13(7-12)19(21)29/h5-6,9-10,12-13H,3-4,7-8H2,1-2H3,(H2,21,29)/t12-,13-/m1/s1. The number of rotatable bonds is 4. The number of benzene rings is 1. The molecule has 0 bridgehead atoms. The van der Waals surface area contributed by atoms with Gasteiger partial charge in [0, 0.05) is 19.4 Å². The second kappa shape index (κ2) is 6.61. The summed E-state index contributed by atoms with van der Waals surface area (Å²) < 4.78 is 3.78. The van der Waals surface area contributed by atoms with E-state index in [-0.39, 0.29) is 11.8 Å². The van der Waals surface area contributed by atoms with Crippen LogP contribution in [0.4, 0.5) is 0 Å². The third-order valence-electron chi connectivity index (χ3n) is 5.99. The largest absolute Gasteiger partial charge is 0.369 e. The number of primary amides is 1. The lowest BCUT2D eigenvalue weighted by atomic mass is 10.0. The number of fused-ring (bicyclic) bond motifs is 2. The van der Waals surface area contributed by atoms with E-state index in [1.807, 2.05) is 32.2 Å². The van der Waals surface area contributed by atoms with Crippen molar-refractivity contribution in [1.82, 2.24) is 34.5 Å². The van der Waals surface area contributed by atoms with Crippen LogP contribution in [0, 0.1) is 18.8 Å². The van der Waals surface area contributed by atoms with Gasteiger partial charge in [0.1, 0.15) is 11.6 Å². The Bertz CT molecular complexity index is 1240. The molecule has 1 aromatic carbocycles. The number of nitrogens with two attached hydrogens (primary N) is 1. The molecule has 0 unspecified atom stereocenters. The first-order chi connectivity index (χ1) is 14.0. The number of aryl methyl sites for hydroxylation is 2. The molecule has 148 valence electrons. The van der Waals surface area contributed by atoms with Crippen LogP contribution >= 0.6 is 0 Å². The summed E-state index contributed by atoms with van der Waals surface area (Å²) in [6, 6.07) is 6.02. The molecule has 5 rings (SSSR count). The van der Waals surface area contributed by atoms with Crippen LogP contribution in [-0.4, -0.2) is 40.4 Å². The van der Waals surface area contributed by atoms with E-state index in [4.69, 9.17) is 10.7 Å². The Morgan fingerprint density at radius 2 is 2.10 bits per heavy atom. The van der Waals surface area contributed by atoms with Crippen molar-refractivity contribution in [2.75, 3.05) is 0 Å². The van der Waals surface area contributed by atoms with Crippen molar-refractivity contribution in [3.05, 3.63) is 36.0 Å². The number of imidazole rings is 1. The average Bonchev–Trinajstić information content (AvgIpc) is 3.40. The Hall–Kier alpha value is -3.36. The van der Waals surface area contributed by atoms with E-state index in [0.717, 1.165) is 54.1 Å². The summed E-state index contributed by atoms with van der Waals surface area (Å²) in [6.45, 7) is 1.98. The van der Waals surface area contributed by atoms with Crippen LogP contribution in [0.5, 0.6) is 0 Å². The number of amides is 1. The molecule has 1 aliphatic carbocycles. The SMILES string of the molecule is Cc1nc2cc(-n3nnc4cnc(C[C@@H]5CC[C@@H](C(N)=O)C5)nc43)ccc2n1C. The van der Waals surface area contributed by atoms with Crippen LogP contribution in [0.1, 0.15) is 30.9 Å². The van der Waals surface area contributed by atoms with E-state index < -0.39 is 0 Å². The van der Waals surface area contributed by atoms with E-state index in [9.17, 15) is 4.79 Å². The monoisotopic (exact) mass is 390 g/mol. The van der Waals surface area contributed by atoms with Crippen molar-refractivity contribution in [3.8, 4) is 5.69 Å². The summed E-state index contributed by atoms with van der Waals surface area (Å²) >= 11 is 0. The van der Waals surface area contributed by atoms with Gasteiger partial charge in [0.25, 0.3) is 0 Å². The van der Waals surface area contributed by atoms with Gasteiger partial charge in [0.2, 0.25) is 5.91 Å². The predicted molar refractivity (Wildman–Crippen MR) is 107 cm³/mol. The number of carbonyl (C=O) groups excluding carboxylic acids is 1. The van der Waals surface area contributed by atoms with Gasteiger partial charge in [-0.15, -0.1) is 5.10 Å². The van der Waals surface area contributed by atoms with Crippen LogP contribution in [0.25, 0.3) is 27.9 Å². The highest BCUT2D eigenvalue weighted by molar-refractivity contribution is 5.80. The summed E-state index contributed by atoms with van der Waals surface area (Å²) in [7, 11) is 2.00. The van der Waals surface area contributed by atoms with Crippen LogP contribution in [-0.2, 0) is 18.3 Å². The lowest BCUT2D eigenvalue weighted by Gasteiger charge is -2.09. The Labute approximate surface area is 167 Å². The summed E-state index contributed by atoms with van der Waals surface area (Å²) in [5, 5.41) is 8.49. The van der Waals surface area contributed by atoms with Gasteiger partial charge in [0.05, 0.1) is 22.9 Å². The van der Waals surface area contributed by atoms with Crippen LogP contribution < -0.4 is 5.73 Å². The first-order valence-corrected chi connectivity index (χ1v) is 9.79. The lowest BCUT2D eigenvalue weighted by Crippen LogP contribution is -2.21. The van der Waals surface area contributed by atoms with Crippen LogP contribution in [0.15, 0.2) is 24.4 Å². The highest BCUT2D eigenvalue weighted by Gasteiger charge is 2.29. The van der Waals surface area contributed by atoms with Gasteiger partial charge in [-0.05, 0) is 50.3 Å². The zero-order valence-electron chi connectivity index (χ0n) is 16.4. The summed E-state index contributed by atoms with van der Waals surface area (Å²) in [5.74, 6) is 1.85. The smallest absolute Gasteiger partial charge is 0.220 e. The first kappa shape index (κ1) is 17.7. The molecule has 3 aromatic heterocycles. The van der Waals surface area contributed by atoms with E-state index in [1.54, 1.807) is 10.9 Å². The Balaban J connectivity index is 1.48. The Morgan fingerprint density at radius 3 is 2.90 bits per heavy atom. The fourth-order valence-corrected chi connectivity index (χ4v) is 4.25. The summed E-state index contributed by atoms with van der Waals surface area (Å²) in [6.07, 6.45) is 5.08. The molecule has 9 nitrogen and oxygen atoms in total. The highest BCUT2D eigenvalue weighted by Crippen LogP contribution is 2.32. The zero-order chi connectivity index (χ0) is 20.1. The quantitative estimate of drug-likeness (QED) is 0.568. The summed E-state index contributed by atoms with van der Waals surface area (Å²) in [5.41, 5.74) is 9.60. The van der Waals surface area contributed by atoms with Crippen LogP contribution in [0.2, 0.25) is 0 Å². The number of nitrogens with zero attached hydrogens (tertiary/aromatic N) is 7. The molecule has 1 saturated carbocycles. The second-order valence-electron chi connectivity index (χ2n) is 7.87. The van der Waals surface area contributed by atoms with E-state index >= 15 is 0 Å². The van der Waals surface area contributed by atoms with Gasteiger partial charge >= 0.3 is 0 Å². The van der Waals surface area contributed by atoms with Crippen molar-refractivity contribution in [3.63, 3.8) is 0 Å². The third kappa shape index (κ3) is 3.02. The van der Waals surface area contributed by atoms with E-state index in [2.05, 4.69) is 24.8 Å². The molecule has 4 aromatic rings. The molecular weight excluding hydrogens is 368 g/mol. The molecule has 9 heteroatoms. The van der Waals surface area contributed by atoms with Crippen molar-refractivity contribution < 1.29 is 4.79 Å². The first-order valence-electron chi connectivity index (χ1n) is 9.79. The lowest BCUT2D eigenvalue weighted by molar-refractivity contribution is -0.121. The van der Waals surface area contributed by atoms with Crippen molar-refractivity contribution >= 4 is 28.1 Å². The Kier molecular flexibility index (Phi) is 4.04. The average molecular weight is 390 g/mol. The highest BCUT2D eigenvalue weighted by atomic mass is 16.1. The zero-order valence-corrected chi connectivity index (χ0v) is 16.4. The number of carbonyl (C=O) groups is 1. The molecule has 0 aliphatic heterocycles. The van der Waals surface area contributed by atoms with Crippen LogP contribution in [0.3, 0.4) is 0 Å². The second-order valence-corrected chi connectivity index (χ2v) is 7.87. The minimum Gasteiger partial charge on any atom is -0.369 e. The topological polar surface area (TPSA) is 117 Å². The minimum absolute atomic E-state index is 0.0236. The molecule has 1 fully saturated rings. The Morgan fingerprint density at radius 1 is 1.24 bits per heavy atom. The van der Waals surface area contributed by atoms with Crippen molar-refractivity contribution in [2.24, 2.45) is 24.6 Å². The molecule has 3 heterocycles. The molecule has 0 saturated heterocycles. The van der Waals surface area contributed by atoms with Gasteiger partial charge in [0.15, 0.2) is 11.2 Å². The molecule has 1 amide bonds. The number of hydrogen-bond donors (Lipinski definition) is 1. The summed E-state index contributed by atoms with van der Waals surface area (Å²) in [4.78, 5) is 25.2. The molecule has 2 atom stereocenters. The molecular formula is C20H22N8O. The van der Waals surface area contributed by atoms with E-state index in [1.165, 1.54) is 0 Å². The molecule has 0 spiro atoms. The van der Waals surface area contributed by atoms with Crippen molar-refractivity contribution in [2.45, 2.75) is 32.6 Å². The van der Waals surface area contributed by atoms with Gasteiger partial charge in [-0.3, -0.25) is 4.79 Å². The maximum Gasteiger partial charge on any atom is 0.220 e. The molecule has 0 radical (unpaired) electrons. The fourth-order valence-electron chi connectivity index (χ4n) is 4.25. The third-order valence-corrected chi connectivity index (χ3v) is 5.99. The number of hydrogen-bond acceptors (Lipinski definition) is 6. The molecule has 1 aliphatic rings. The molecule has 29 heavy (non-hydrogen) atoms. The van der Waals surface area contributed by atoms with Crippen molar-refractivity contribution in [1.29, 1.82) is 0 Å². The van der Waals surface area contributed by atoms with Gasteiger partial charge < -0.3 is 10.3 Å². The van der Waals surface area contributed by atoms with Gasteiger partial charge in [-0.25, -0.2) is 15.0 Å². The maximum absolute atomic E-state index is 11.4. The van der Waals surface area contributed by atoms with Gasteiger partial charge in [-0.1, -0.05) is 5.21 Å². The molecule has 2 N–H and O–H groups in total. The van der Waals surface area contributed by atoms with E-state index in [0.29, 0.717) is 17.1 Å². The fraction of sp³-hybridized carbons (Fsp3) is 0.400. The predicted octanol–water partition coefficient (Wildman–Crippen LogP) is 1.85. The maximum atomic E-state index is 11.4. The number of aromatic nitrogens is 7. The van der Waals surface area contributed by atoms with Gasteiger partial charge in [-0.2, -0.15) is 4.68 Å².